The quantitative estimate of drug-likeness (QED) is 0.740. The molecule has 1 aromatic heterocycles. The van der Waals surface area contributed by atoms with Gasteiger partial charge >= 0.3 is 0 Å². The van der Waals surface area contributed by atoms with Crippen LogP contribution in [-0.2, 0) is 10.6 Å². The Hall–Kier alpha value is -0.870. The maximum Gasteiger partial charge on any atom is 0.225 e. The fourth-order valence-electron chi connectivity index (χ4n) is 1.71. The van der Waals surface area contributed by atoms with E-state index in [1.54, 1.807) is 0 Å². The van der Waals surface area contributed by atoms with Crippen LogP contribution < -0.4 is 4.90 Å². The van der Waals surface area contributed by atoms with Gasteiger partial charge in [-0.05, 0) is 13.3 Å². The molecule has 0 saturated carbocycles. The van der Waals surface area contributed by atoms with Crippen LogP contribution in [0, 0.1) is 6.92 Å². The van der Waals surface area contributed by atoms with E-state index in [4.69, 9.17) is 16.3 Å². The highest BCUT2D eigenvalue weighted by molar-refractivity contribution is 6.17. The Balaban J connectivity index is 2.16. The Kier molecular flexibility index (Phi) is 3.96. The minimum Gasteiger partial charge on any atom is -0.380 e. The number of anilines is 1. The summed E-state index contributed by atoms with van der Waals surface area (Å²) in [6, 6.07) is 0. The first-order chi connectivity index (χ1) is 7.81. The predicted molar refractivity (Wildman–Crippen MR) is 64.0 cm³/mol. The second-order valence-electron chi connectivity index (χ2n) is 3.87. The summed E-state index contributed by atoms with van der Waals surface area (Å²) >= 11 is 5.78. The van der Waals surface area contributed by atoms with E-state index in [1.165, 1.54) is 0 Å². The number of aryl methyl sites for hydroxylation is 1. The summed E-state index contributed by atoms with van der Waals surface area (Å²) in [5, 5.41) is 0. The number of ether oxygens (including phenoxy) is 1. The van der Waals surface area contributed by atoms with Crippen LogP contribution in [0.25, 0.3) is 0 Å². The van der Waals surface area contributed by atoms with Gasteiger partial charge in [0.2, 0.25) is 5.95 Å². The molecule has 1 aliphatic rings. The summed E-state index contributed by atoms with van der Waals surface area (Å²) in [7, 11) is 0. The van der Waals surface area contributed by atoms with Gasteiger partial charge < -0.3 is 9.64 Å². The van der Waals surface area contributed by atoms with Gasteiger partial charge in [0.05, 0.1) is 12.5 Å². The van der Waals surface area contributed by atoms with Crippen LogP contribution in [0.1, 0.15) is 17.7 Å². The highest BCUT2D eigenvalue weighted by Gasteiger charge is 2.13. The zero-order valence-corrected chi connectivity index (χ0v) is 10.2. The first-order valence-corrected chi connectivity index (χ1v) is 6.06. The lowest BCUT2D eigenvalue weighted by molar-refractivity contribution is 0.152. The number of alkyl halides is 1. The molecular formula is C11H16ClN3O. The molecule has 5 heteroatoms. The first kappa shape index (κ1) is 11.6. The van der Waals surface area contributed by atoms with E-state index in [0.717, 1.165) is 49.9 Å². The number of hydrogen-bond acceptors (Lipinski definition) is 4. The smallest absolute Gasteiger partial charge is 0.225 e. The number of aromatic nitrogens is 2. The lowest BCUT2D eigenvalue weighted by Crippen LogP contribution is -2.28. The molecule has 0 amide bonds. The van der Waals surface area contributed by atoms with Crippen molar-refractivity contribution >= 4 is 17.5 Å². The van der Waals surface area contributed by atoms with Crippen LogP contribution >= 0.6 is 11.6 Å². The van der Waals surface area contributed by atoms with Gasteiger partial charge in [-0.3, -0.25) is 0 Å². The molecule has 0 N–H and O–H groups in total. The third-order valence-corrected chi connectivity index (χ3v) is 3.01. The normalized spacial score (nSPS) is 17.2. The predicted octanol–water partition coefficient (Wildman–Crippen LogP) is 1.75. The average Bonchev–Trinajstić information content (AvgIpc) is 2.57. The van der Waals surface area contributed by atoms with E-state index in [2.05, 4.69) is 14.9 Å². The molecule has 88 valence electrons. The molecule has 0 unspecified atom stereocenters. The van der Waals surface area contributed by atoms with Gasteiger partial charge in [-0.15, -0.1) is 11.6 Å². The van der Waals surface area contributed by atoms with Crippen LogP contribution in [0.5, 0.6) is 0 Å². The van der Waals surface area contributed by atoms with Gasteiger partial charge in [-0.2, -0.15) is 0 Å². The number of hydrogen-bond donors (Lipinski definition) is 0. The van der Waals surface area contributed by atoms with Crippen molar-refractivity contribution in [3.63, 3.8) is 0 Å². The molecule has 4 nitrogen and oxygen atoms in total. The van der Waals surface area contributed by atoms with Crippen molar-refractivity contribution in [1.29, 1.82) is 0 Å². The highest BCUT2D eigenvalue weighted by Crippen LogP contribution is 2.14. The Morgan fingerprint density at radius 3 is 3.06 bits per heavy atom. The topological polar surface area (TPSA) is 38.2 Å². The monoisotopic (exact) mass is 241 g/mol. The molecule has 0 aliphatic carbocycles. The van der Waals surface area contributed by atoms with Crippen LogP contribution in [0.4, 0.5) is 5.95 Å². The summed E-state index contributed by atoms with van der Waals surface area (Å²) in [6.07, 6.45) is 2.84. The summed E-state index contributed by atoms with van der Waals surface area (Å²) in [6.45, 7) is 5.37. The second kappa shape index (κ2) is 5.46. The molecule has 0 spiro atoms. The average molecular weight is 242 g/mol. The molecule has 1 aliphatic heterocycles. The first-order valence-electron chi connectivity index (χ1n) is 5.52. The van der Waals surface area contributed by atoms with Crippen molar-refractivity contribution in [3.05, 3.63) is 17.5 Å². The molecule has 0 bridgehead atoms. The highest BCUT2D eigenvalue weighted by atomic mass is 35.5. The van der Waals surface area contributed by atoms with Gasteiger partial charge in [0.1, 0.15) is 0 Å². The summed E-state index contributed by atoms with van der Waals surface area (Å²) in [5.41, 5.74) is 1.96. The molecule has 0 atom stereocenters. The SMILES string of the molecule is Cc1nc(N2CCCOCC2)ncc1CCl. The molecule has 0 radical (unpaired) electrons. The van der Waals surface area contributed by atoms with E-state index in [0.29, 0.717) is 5.88 Å². The maximum absolute atomic E-state index is 5.78. The number of nitrogens with zero attached hydrogens (tertiary/aromatic N) is 3. The van der Waals surface area contributed by atoms with Crippen LogP contribution in [-0.4, -0.2) is 36.3 Å². The van der Waals surface area contributed by atoms with Crippen molar-refractivity contribution in [1.82, 2.24) is 9.97 Å². The molecule has 2 rings (SSSR count). The van der Waals surface area contributed by atoms with Crippen molar-refractivity contribution < 1.29 is 4.74 Å². The molecule has 1 saturated heterocycles. The van der Waals surface area contributed by atoms with Gasteiger partial charge in [0.25, 0.3) is 0 Å². The fraction of sp³-hybridized carbons (Fsp3) is 0.636. The molecular weight excluding hydrogens is 226 g/mol. The Morgan fingerprint density at radius 1 is 1.44 bits per heavy atom. The lowest BCUT2D eigenvalue weighted by atomic mass is 10.3. The van der Waals surface area contributed by atoms with Crippen LogP contribution in [0.15, 0.2) is 6.20 Å². The molecule has 16 heavy (non-hydrogen) atoms. The van der Waals surface area contributed by atoms with Gasteiger partial charge in [-0.1, -0.05) is 0 Å². The Labute approximate surface area is 101 Å². The Morgan fingerprint density at radius 2 is 2.31 bits per heavy atom. The minimum absolute atomic E-state index is 0.467. The standard InChI is InChI=1S/C11H16ClN3O/c1-9-10(7-12)8-13-11(14-9)15-3-2-5-16-6-4-15/h8H,2-7H2,1H3. The lowest BCUT2D eigenvalue weighted by Gasteiger charge is -2.19. The van der Waals surface area contributed by atoms with Crippen LogP contribution in [0.2, 0.25) is 0 Å². The third kappa shape index (κ3) is 2.62. The number of halogens is 1. The summed E-state index contributed by atoms with van der Waals surface area (Å²) in [5.74, 6) is 1.26. The van der Waals surface area contributed by atoms with Gasteiger partial charge in [0.15, 0.2) is 0 Å². The van der Waals surface area contributed by atoms with E-state index >= 15 is 0 Å². The largest absolute Gasteiger partial charge is 0.380 e. The summed E-state index contributed by atoms with van der Waals surface area (Å²) in [4.78, 5) is 11.0. The van der Waals surface area contributed by atoms with Crippen molar-refractivity contribution in [3.8, 4) is 0 Å². The van der Waals surface area contributed by atoms with E-state index in [9.17, 15) is 0 Å². The second-order valence-corrected chi connectivity index (χ2v) is 4.13. The van der Waals surface area contributed by atoms with Crippen molar-refractivity contribution in [2.45, 2.75) is 19.2 Å². The zero-order valence-electron chi connectivity index (χ0n) is 9.45. The fourth-order valence-corrected chi connectivity index (χ4v) is 1.97. The summed E-state index contributed by atoms with van der Waals surface area (Å²) < 4.78 is 5.40. The van der Waals surface area contributed by atoms with Crippen molar-refractivity contribution in [2.75, 3.05) is 31.2 Å². The van der Waals surface area contributed by atoms with Crippen LogP contribution in [0.3, 0.4) is 0 Å². The van der Waals surface area contributed by atoms with E-state index < -0.39 is 0 Å². The van der Waals surface area contributed by atoms with Gasteiger partial charge in [0, 0.05) is 37.2 Å². The third-order valence-electron chi connectivity index (χ3n) is 2.72. The number of rotatable bonds is 2. The Bertz CT molecular complexity index is 351. The molecule has 1 aromatic rings. The van der Waals surface area contributed by atoms with Crippen molar-refractivity contribution in [2.24, 2.45) is 0 Å². The van der Waals surface area contributed by atoms with E-state index in [1.807, 2.05) is 13.1 Å². The zero-order chi connectivity index (χ0) is 11.4. The molecule has 2 heterocycles. The van der Waals surface area contributed by atoms with E-state index in [-0.39, 0.29) is 0 Å². The molecule has 0 aromatic carbocycles. The molecule has 1 fully saturated rings. The maximum atomic E-state index is 5.78. The van der Waals surface area contributed by atoms with Gasteiger partial charge in [-0.25, -0.2) is 9.97 Å². The minimum atomic E-state index is 0.467.